The van der Waals surface area contributed by atoms with Crippen molar-refractivity contribution in [3.63, 3.8) is 0 Å². The third kappa shape index (κ3) is 3.94. The summed E-state index contributed by atoms with van der Waals surface area (Å²) in [6.45, 7) is 3.43. The minimum atomic E-state index is -1.02. The lowest BCUT2D eigenvalue weighted by Gasteiger charge is -2.25. The van der Waals surface area contributed by atoms with Crippen molar-refractivity contribution >= 4 is 5.97 Å². The van der Waals surface area contributed by atoms with Gasteiger partial charge in [0.1, 0.15) is 0 Å². The third-order valence-electron chi connectivity index (χ3n) is 1.72. The first-order valence-electron chi connectivity index (χ1n) is 4.30. The van der Waals surface area contributed by atoms with Gasteiger partial charge in [0.15, 0.2) is 6.04 Å². The molecule has 0 aliphatic heterocycles. The van der Waals surface area contributed by atoms with Crippen LogP contribution in [0.1, 0.15) is 20.3 Å². The van der Waals surface area contributed by atoms with E-state index in [4.69, 9.17) is 5.11 Å². The summed E-state index contributed by atoms with van der Waals surface area (Å²) >= 11 is 0. The van der Waals surface area contributed by atoms with Crippen LogP contribution < -0.4 is 0 Å². The molecular formula is C9H17NO3. The fourth-order valence-electron chi connectivity index (χ4n) is 1.09. The molecule has 0 aliphatic rings. The van der Waals surface area contributed by atoms with E-state index < -0.39 is 18.1 Å². The zero-order chi connectivity index (χ0) is 10.4. The highest BCUT2D eigenvalue weighted by Crippen LogP contribution is 2.03. The van der Waals surface area contributed by atoms with Gasteiger partial charge in [0.25, 0.3) is 0 Å². The molecule has 0 aromatic carbocycles. The van der Waals surface area contributed by atoms with Crippen LogP contribution in [0.15, 0.2) is 12.3 Å². The minimum absolute atomic E-state index is 0.844. The molecule has 0 radical (unpaired) electrons. The van der Waals surface area contributed by atoms with Gasteiger partial charge >= 0.3 is 5.97 Å². The van der Waals surface area contributed by atoms with E-state index in [1.54, 1.807) is 13.2 Å². The van der Waals surface area contributed by atoms with Gasteiger partial charge in [-0.2, -0.15) is 0 Å². The van der Waals surface area contributed by atoms with Crippen molar-refractivity contribution in [1.29, 1.82) is 0 Å². The molecule has 0 aliphatic carbocycles. The topological polar surface area (TPSA) is 60.8 Å². The molecule has 0 saturated heterocycles. The average molecular weight is 187 g/mol. The molecule has 2 atom stereocenters. The summed E-state index contributed by atoms with van der Waals surface area (Å²) in [4.78, 5) is 12.2. The van der Waals surface area contributed by atoms with Crippen molar-refractivity contribution in [1.82, 2.24) is 4.90 Å². The summed E-state index contributed by atoms with van der Waals surface area (Å²) in [7, 11) is 1.64. The number of allylic oxidation sites excluding steroid dienone is 1. The summed E-state index contributed by atoms with van der Waals surface area (Å²) in [6.07, 6.45) is 3.48. The first-order chi connectivity index (χ1) is 6.00. The molecule has 2 unspecified atom stereocenters. The van der Waals surface area contributed by atoms with E-state index in [-0.39, 0.29) is 0 Å². The molecule has 0 fully saturated rings. The number of nitrogens with zero attached hydrogens (tertiary/aromatic N) is 1. The Balaban J connectivity index is 4.37. The number of likely N-dealkylation sites (N-methyl/N-ethyl adjacent to an activating group) is 1. The molecule has 76 valence electrons. The van der Waals surface area contributed by atoms with Crippen LogP contribution in [0.2, 0.25) is 0 Å². The Kier molecular flexibility index (Phi) is 5.14. The van der Waals surface area contributed by atoms with Gasteiger partial charge < -0.3 is 15.1 Å². The Bertz CT molecular complexity index is 189. The van der Waals surface area contributed by atoms with Gasteiger partial charge in [-0.1, -0.05) is 13.0 Å². The summed E-state index contributed by atoms with van der Waals surface area (Å²) in [5.74, 6) is -1.02. The van der Waals surface area contributed by atoms with E-state index in [0.29, 0.717) is 0 Å². The first-order valence-corrected chi connectivity index (χ1v) is 4.30. The number of carbonyl (C=O) groups is 1. The first kappa shape index (κ1) is 12.0. The molecule has 0 saturated carbocycles. The number of aliphatic hydroxyl groups is 1. The fourth-order valence-corrected chi connectivity index (χ4v) is 1.09. The molecular weight excluding hydrogens is 170 g/mol. The van der Waals surface area contributed by atoms with E-state index in [2.05, 4.69) is 0 Å². The smallest absolute Gasteiger partial charge is 0.329 e. The molecule has 13 heavy (non-hydrogen) atoms. The van der Waals surface area contributed by atoms with Crippen molar-refractivity contribution < 1.29 is 15.0 Å². The van der Waals surface area contributed by atoms with E-state index in [0.717, 1.165) is 6.42 Å². The van der Waals surface area contributed by atoms with E-state index in [9.17, 15) is 9.90 Å². The van der Waals surface area contributed by atoms with E-state index in [1.165, 1.54) is 11.8 Å². The van der Waals surface area contributed by atoms with Crippen LogP contribution in [0.5, 0.6) is 0 Å². The van der Waals surface area contributed by atoms with Crippen molar-refractivity contribution in [3.8, 4) is 0 Å². The maximum absolute atomic E-state index is 10.7. The average Bonchev–Trinajstić information content (AvgIpc) is 1.99. The molecule has 0 rings (SSSR count). The summed E-state index contributed by atoms with van der Waals surface area (Å²) < 4.78 is 0. The monoisotopic (exact) mass is 187 g/mol. The predicted octanol–water partition coefficient (Wildman–Crippen LogP) is 0.676. The lowest BCUT2D eigenvalue weighted by molar-refractivity contribution is -0.145. The van der Waals surface area contributed by atoms with Crippen LogP contribution in [0.3, 0.4) is 0 Å². The number of aliphatic hydroxyl groups excluding tert-OH is 1. The molecule has 0 aromatic rings. The van der Waals surface area contributed by atoms with Crippen LogP contribution >= 0.6 is 0 Å². The minimum Gasteiger partial charge on any atom is -0.480 e. The normalized spacial score (nSPS) is 15.7. The number of rotatable bonds is 5. The van der Waals surface area contributed by atoms with Crippen LogP contribution in [-0.4, -0.2) is 40.3 Å². The summed E-state index contributed by atoms with van der Waals surface area (Å²) in [6, 6.07) is -0.872. The van der Waals surface area contributed by atoms with Gasteiger partial charge in [-0.25, -0.2) is 4.79 Å². The van der Waals surface area contributed by atoms with Gasteiger partial charge in [-0.05, 0) is 19.5 Å². The molecule has 0 amide bonds. The number of carboxylic acids is 1. The Morgan fingerprint density at radius 1 is 1.62 bits per heavy atom. The van der Waals surface area contributed by atoms with Crippen molar-refractivity contribution in [2.45, 2.75) is 32.4 Å². The second-order valence-corrected chi connectivity index (χ2v) is 2.98. The summed E-state index contributed by atoms with van der Waals surface area (Å²) in [5, 5.41) is 18.0. The molecule has 0 aromatic heterocycles. The van der Waals surface area contributed by atoms with Gasteiger partial charge in [-0.3, -0.25) is 0 Å². The number of hydrogen-bond donors (Lipinski definition) is 2. The van der Waals surface area contributed by atoms with Crippen LogP contribution in [0.4, 0.5) is 0 Å². The van der Waals surface area contributed by atoms with E-state index in [1.807, 2.05) is 13.0 Å². The number of carboxylic acid groups (broad SMARTS) is 1. The molecule has 4 heteroatoms. The van der Waals surface area contributed by atoms with Crippen molar-refractivity contribution in [2.75, 3.05) is 7.05 Å². The Labute approximate surface area is 78.5 Å². The highest BCUT2D eigenvalue weighted by molar-refractivity contribution is 5.74. The Morgan fingerprint density at radius 2 is 2.15 bits per heavy atom. The molecule has 4 nitrogen and oxygen atoms in total. The zero-order valence-corrected chi connectivity index (χ0v) is 8.27. The maximum atomic E-state index is 10.7. The van der Waals surface area contributed by atoms with Gasteiger partial charge in [0.2, 0.25) is 0 Å². The predicted molar refractivity (Wildman–Crippen MR) is 50.3 cm³/mol. The summed E-state index contributed by atoms with van der Waals surface area (Å²) in [5.41, 5.74) is 0. The van der Waals surface area contributed by atoms with Crippen LogP contribution in [-0.2, 0) is 4.79 Å². The lowest BCUT2D eigenvalue weighted by Crippen LogP contribution is -2.43. The largest absolute Gasteiger partial charge is 0.480 e. The SMILES string of the molecule is CC/C=C/N(C)C(C(=O)O)C(C)O. The van der Waals surface area contributed by atoms with Gasteiger partial charge in [0.05, 0.1) is 6.10 Å². The van der Waals surface area contributed by atoms with Crippen LogP contribution in [0, 0.1) is 0 Å². The lowest BCUT2D eigenvalue weighted by atomic mass is 10.1. The van der Waals surface area contributed by atoms with Gasteiger partial charge in [0, 0.05) is 7.05 Å². The van der Waals surface area contributed by atoms with E-state index >= 15 is 0 Å². The second-order valence-electron chi connectivity index (χ2n) is 2.98. The highest BCUT2D eigenvalue weighted by Gasteiger charge is 2.25. The number of aliphatic carboxylic acids is 1. The molecule has 0 spiro atoms. The zero-order valence-electron chi connectivity index (χ0n) is 8.27. The quantitative estimate of drug-likeness (QED) is 0.664. The molecule has 0 bridgehead atoms. The molecule has 2 N–H and O–H groups in total. The maximum Gasteiger partial charge on any atom is 0.329 e. The van der Waals surface area contributed by atoms with Crippen molar-refractivity contribution in [3.05, 3.63) is 12.3 Å². The van der Waals surface area contributed by atoms with Crippen molar-refractivity contribution in [2.24, 2.45) is 0 Å². The fraction of sp³-hybridized carbons (Fsp3) is 0.667. The number of hydrogen-bond acceptors (Lipinski definition) is 3. The van der Waals surface area contributed by atoms with Gasteiger partial charge in [-0.15, -0.1) is 0 Å². The van der Waals surface area contributed by atoms with Crippen LogP contribution in [0.25, 0.3) is 0 Å². The molecule has 0 heterocycles. The third-order valence-corrected chi connectivity index (χ3v) is 1.72. The standard InChI is InChI=1S/C9H17NO3/c1-4-5-6-10(3)8(7(2)11)9(12)13/h5-8,11H,4H2,1-3H3,(H,12,13)/b6-5+. The second kappa shape index (κ2) is 5.59. The highest BCUT2D eigenvalue weighted by atomic mass is 16.4. The Hall–Kier alpha value is -1.03. The Morgan fingerprint density at radius 3 is 2.46 bits per heavy atom.